The minimum atomic E-state index is 0.672. The van der Waals surface area contributed by atoms with Gasteiger partial charge in [-0.15, -0.1) is 0 Å². The van der Waals surface area contributed by atoms with Gasteiger partial charge in [-0.3, -0.25) is 0 Å². The molecule has 1 aliphatic rings. The van der Waals surface area contributed by atoms with Crippen molar-refractivity contribution in [1.29, 1.82) is 0 Å². The number of nitrogens with one attached hydrogen (secondary N) is 1. The predicted molar refractivity (Wildman–Crippen MR) is 62.2 cm³/mol. The van der Waals surface area contributed by atoms with E-state index in [4.69, 9.17) is 5.73 Å². The summed E-state index contributed by atoms with van der Waals surface area (Å²) in [6.45, 7) is 9.01. The maximum atomic E-state index is 5.81. The van der Waals surface area contributed by atoms with E-state index in [1.807, 2.05) is 0 Å². The summed E-state index contributed by atoms with van der Waals surface area (Å²) in [4.78, 5) is 0. The van der Waals surface area contributed by atoms with Crippen molar-refractivity contribution in [3.8, 4) is 0 Å². The Morgan fingerprint density at radius 2 is 2.07 bits per heavy atom. The molecule has 3 unspecified atom stereocenters. The average molecular weight is 198 g/mol. The van der Waals surface area contributed by atoms with Crippen molar-refractivity contribution >= 4 is 0 Å². The van der Waals surface area contributed by atoms with Gasteiger partial charge in [0, 0.05) is 6.04 Å². The van der Waals surface area contributed by atoms with Crippen LogP contribution < -0.4 is 11.1 Å². The Morgan fingerprint density at radius 3 is 2.64 bits per heavy atom. The van der Waals surface area contributed by atoms with Gasteiger partial charge in [0.1, 0.15) is 0 Å². The van der Waals surface area contributed by atoms with Crippen LogP contribution >= 0.6 is 0 Å². The first-order valence-corrected chi connectivity index (χ1v) is 6.08. The van der Waals surface area contributed by atoms with E-state index >= 15 is 0 Å². The van der Waals surface area contributed by atoms with E-state index in [2.05, 4.69) is 26.1 Å². The monoisotopic (exact) mass is 198 g/mol. The Labute approximate surface area is 88.6 Å². The molecule has 1 rings (SSSR count). The van der Waals surface area contributed by atoms with Gasteiger partial charge in [0.2, 0.25) is 0 Å². The SMILES string of the molecule is CC(C)C(C)CC1NCCCC1CN. The quantitative estimate of drug-likeness (QED) is 0.725. The highest BCUT2D eigenvalue weighted by Crippen LogP contribution is 2.24. The van der Waals surface area contributed by atoms with Crippen molar-refractivity contribution in [3.05, 3.63) is 0 Å². The summed E-state index contributed by atoms with van der Waals surface area (Å²) in [7, 11) is 0. The molecule has 0 amide bonds. The van der Waals surface area contributed by atoms with Crippen LogP contribution in [0.3, 0.4) is 0 Å². The molecule has 0 aromatic rings. The van der Waals surface area contributed by atoms with Gasteiger partial charge in [-0.1, -0.05) is 20.8 Å². The van der Waals surface area contributed by atoms with Crippen molar-refractivity contribution in [3.63, 3.8) is 0 Å². The van der Waals surface area contributed by atoms with Crippen molar-refractivity contribution in [2.45, 2.75) is 46.1 Å². The molecular formula is C12H26N2. The fourth-order valence-corrected chi connectivity index (χ4v) is 2.25. The second-order valence-corrected chi connectivity index (χ2v) is 5.16. The molecule has 1 fully saturated rings. The molecule has 0 aliphatic carbocycles. The lowest BCUT2D eigenvalue weighted by atomic mass is 9.82. The highest BCUT2D eigenvalue weighted by atomic mass is 14.9. The van der Waals surface area contributed by atoms with Crippen LogP contribution in [0.4, 0.5) is 0 Å². The van der Waals surface area contributed by atoms with E-state index < -0.39 is 0 Å². The molecule has 3 N–H and O–H groups in total. The van der Waals surface area contributed by atoms with E-state index in [0.717, 1.165) is 18.4 Å². The third-order valence-electron chi connectivity index (χ3n) is 3.79. The molecule has 1 aliphatic heterocycles. The van der Waals surface area contributed by atoms with Crippen molar-refractivity contribution in [1.82, 2.24) is 5.32 Å². The summed E-state index contributed by atoms with van der Waals surface area (Å²) in [5, 5.41) is 3.63. The van der Waals surface area contributed by atoms with Crippen molar-refractivity contribution in [2.75, 3.05) is 13.1 Å². The van der Waals surface area contributed by atoms with E-state index in [1.54, 1.807) is 0 Å². The smallest absolute Gasteiger partial charge is 0.0110 e. The molecular weight excluding hydrogens is 172 g/mol. The third-order valence-corrected chi connectivity index (χ3v) is 3.79. The number of rotatable bonds is 4. The number of hydrogen-bond acceptors (Lipinski definition) is 2. The van der Waals surface area contributed by atoms with Crippen molar-refractivity contribution < 1.29 is 0 Å². The lowest BCUT2D eigenvalue weighted by molar-refractivity contribution is 0.228. The van der Waals surface area contributed by atoms with Gasteiger partial charge in [0.05, 0.1) is 0 Å². The molecule has 84 valence electrons. The minimum absolute atomic E-state index is 0.672. The van der Waals surface area contributed by atoms with Gasteiger partial charge in [-0.2, -0.15) is 0 Å². The Morgan fingerprint density at radius 1 is 1.36 bits per heavy atom. The van der Waals surface area contributed by atoms with Crippen LogP contribution in [0.25, 0.3) is 0 Å². The zero-order chi connectivity index (χ0) is 10.6. The molecule has 0 saturated carbocycles. The molecule has 0 spiro atoms. The third kappa shape index (κ3) is 3.25. The molecule has 1 heterocycles. The molecule has 2 heteroatoms. The predicted octanol–water partition coefficient (Wildman–Crippen LogP) is 2.00. The normalized spacial score (nSPS) is 30.6. The van der Waals surface area contributed by atoms with Gasteiger partial charge in [0.15, 0.2) is 0 Å². The highest BCUT2D eigenvalue weighted by molar-refractivity contribution is 4.83. The fourth-order valence-electron chi connectivity index (χ4n) is 2.25. The molecule has 0 radical (unpaired) electrons. The lowest BCUT2D eigenvalue weighted by Crippen LogP contribution is -2.45. The average Bonchev–Trinajstić information content (AvgIpc) is 2.18. The standard InChI is InChI=1S/C12H26N2/c1-9(2)10(3)7-12-11(8-13)5-4-6-14-12/h9-12,14H,4-8,13H2,1-3H3. The molecule has 0 aromatic heterocycles. The van der Waals surface area contributed by atoms with Gasteiger partial charge in [0.25, 0.3) is 0 Å². The number of hydrogen-bond donors (Lipinski definition) is 2. The summed E-state index contributed by atoms with van der Waals surface area (Å²) in [5.41, 5.74) is 5.81. The summed E-state index contributed by atoms with van der Waals surface area (Å²) >= 11 is 0. The highest BCUT2D eigenvalue weighted by Gasteiger charge is 2.25. The van der Waals surface area contributed by atoms with Crippen LogP contribution in [0.1, 0.15) is 40.0 Å². The molecule has 14 heavy (non-hydrogen) atoms. The maximum Gasteiger partial charge on any atom is 0.0110 e. The largest absolute Gasteiger partial charge is 0.330 e. The number of nitrogens with two attached hydrogens (primary N) is 1. The van der Waals surface area contributed by atoms with Crippen LogP contribution in [0, 0.1) is 17.8 Å². The zero-order valence-corrected chi connectivity index (χ0v) is 9.92. The van der Waals surface area contributed by atoms with Gasteiger partial charge in [-0.05, 0) is 50.1 Å². The molecule has 0 aromatic carbocycles. The summed E-state index contributed by atoms with van der Waals surface area (Å²) in [5.74, 6) is 2.31. The number of piperidine rings is 1. The van der Waals surface area contributed by atoms with Crippen LogP contribution in [-0.4, -0.2) is 19.1 Å². The second kappa shape index (κ2) is 5.72. The zero-order valence-electron chi connectivity index (χ0n) is 9.92. The van der Waals surface area contributed by atoms with E-state index in [1.165, 1.54) is 25.8 Å². The second-order valence-electron chi connectivity index (χ2n) is 5.16. The van der Waals surface area contributed by atoms with Crippen LogP contribution in [0.2, 0.25) is 0 Å². The van der Waals surface area contributed by atoms with E-state index in [9.17, 15) is 0 Å². The Bertz CT molecular complexity index is 156. The maximum absolute atomic E-state index is 5.81. The van der Waals surface area contributed by atoms with Crippen LogP contribution in [0.5, 0.6) is 0 Å². The Kier molecular flexibility index (Phi) is 4.90. The first kappa shape index (κ1) is 12.0. The van der Waals surface area contributed by atoms with Gasteiger partial charge < -0.3 is 11.1 Å². The Hall–Kier alpha value is -0.0800. The fraction of sp³-hybridized carbons (Fsp3) is 1.00. The Balaban J connectivity index is 2.40. The summed E-state index contributed by atoms with van der Waals surface area (Å²) in [6, 6.07) is 0.672. The lowest BCUT2D eigenvalue weighted by Gasteiger charge is -2.34. The van der Waals surface area contributed by atoms with Crippen LogP contribution in [0.15, 0.2) is 0 Å². The van der Waals surface area contributed by atoms with Gasteiger partial charge >= 0.3 is 0 Å². The first-order valence-electron chi connectivity index (χ1n) is 6.08. The van der Waals surface area contributed by atoms with E-state index in [0.29, 0.717) is 12.0 Å². The molecule has 1 saturated heterocycles. The molecule has 3 atom stereocenters. The minimum Gasteiger partial charge on any atom is -0.330 e. The summed E-state index contributed by atoms with van der Waals surface area (Å²) < 4.78 is 0. The first-order chi connectivity index (χ1) is 6.65. The summed E-state index contributed by atoms with van der Waals surface area (Å²) in [6.07, 6.45) is 3.91. The van der Waals surface area contributed by atoms with E-state index in [-0.39, 0.29) is 0 Å². The molecule has 2 nitrogen and oxygen atoms in total. The van der Waals surface area contributed by atoms with Crippen molar-refractivity contribution in [2.24, 2.45) is 23.5 Å². The topological polar surface area (TPSA) is 38.0 Å². The molecule has 0 bridgehead atoms. The van der Waals surface area contributed by atoms with Crippen LogP contribution in [-0.2, 0) is 0 Å². The van der Waals surface area contributed by atoms with Gasteiger partial charge in [-0.25, -0.2) is 0 Å².